The standard InChI is InChI=1S/C15H18N4O2S/c1-2-11-16-15-19(17-11)14(20)13(22-15)12(10-6-5-9-21-10)18-7-3-4-8-18/h5-6,9,12,20H,2-4,7-8H2,1H3. The van der Waals surface area contributed by atoms with Gasteiger partial charge in [0.25, 0.3) is 0 Å². The summed E-state index contributed by atoms with van der Waals surface area (Å²) in [5.41, 5.74) is 0. The van der Waals surface area contributed by atoms with Crippen molar-refractivity contribution in [3.63, 3.8) is 0 Å². The van der Waals surface area contributed by atoms with Gasteiger partial charge < -0.3 is 9.52 Å². The highest BCUT2D eigenvalue weighted by Crippen LogP contribution is 2.41. The van der Waals surface area contributed by atoms with E-state index in [1.165, 1.54) is 24.2 Å². The molecule has 0 amide bonds. The number of fused-ring (bicyclic) bond motifs is 1. The Morgan fingerprint density at radius 2 is 2.23 bits per heavy atom. The van der Waals surface area contributed by atoms with Crippen LogP contribution in [0.5, 0.6) is 5.88 Å². The smallest absolute Gasteiger partial charge is 0.230 e. The summed E-state index contributed by atoms with van der Waals surface area (Å²) in [5.74, 6) is 1.79. The fourth-order valence-electron chi connectivity index (χ4n) is 3.04. The number of aromatic nitrogens is 3. The predicted molar refractivity (Wildman–Crippen MR) is 83.3 cm³/mol. The number of nitrogens with zero attached hydrogens (tertiary/aromatic N) is 4. The van der Waals surface area contributed by atoms with Crippen LogP contribution in [0.4, 0.5) is 0 Å². The Hall–Kier alpha value is -1.86. The molecule has 22 heavy (non-hydrogen) atoms. The van der Waals surface area contributed by atoms with Crippen molar-refractivity contribution in [2.24, 2.45) is 0 Å². The molecule has 1 N–H and O–H groups in total. The van der Waals surface area contributed by atoms with Crippen LogP contribution in [0.2, 0.25) is 0 Å². The molecule has 4 rings (SSSR count). The SMILES string of the molecule is CCc1nc2sc(C(c3ccco3)N3CCCC3)c(O)n2n1. The molecule has 6 nitrogen and oxygen atoms in total. The van der Waals surface area contributed by atoms with Gasteiger partial charge in [0.15, 0.2) is 5.82 Å². The number of rotatable bonds is 4. The van der Waals surface area contributed by atoms with Gasteiger partial charge in [-0.25, -0.2) is 4.98 Å². The molecule has 0 spiro atoms. The van der Waals surface area contributed by atoms with Crippen LogP contribution < -0.4 is 0 Å². The molecule has 0 aromatic carbocycles. The molecule has 1 fully saturated rings. The fraction of sp³-hybridized carbons (Fsp3) is 0.467. The zero-order chi connectivity index (χ0) is 15.1. The van der Waals surface area contributed by atoms with Crippen molar-refractivity contribution in [2.75, 3.05) is 13.1 Å². The van der Waals surface area contributed by atoms with Crippen LogP contribution in [-0.4, -0.2) is 37.7 Å². The van der Waals surface area contributed by atoms with Crippen LogP contribution in [0.25, 0.3) is 4.96 Å². The van der Waals surface area contributed by atoms with E-state index in [-0.39, 0.29) is 11.9 Å². The van der Waals surface area contributed by atoms with Gasteiger partial charge in [-0.3, -0.25) is 4.90 Å². The third kappa shape index (κ3) is 2.12. The largest absolute Gasteiger partial charge is 0.492 e. The number of aryl methyl sites for hydroxylation is 1. The van der Waals surface area contributed by atoms with Crippen LogP contribution in [0.3, 0.4) is 0 Å². The molecule has 116 valence electrons. The molecule has 1 saturated heterocycles. The zero-order valence-corrected chi connectivity index (χ0v) is 13.2. The van der Waals surface area contributed by atoms with E-state index in [9.17, 15) is 5.11 Å². The predicted octanol–water partition coefficient (Wildman–Crippen LogP) is 2.84. The number of hydrogen-bond acceptors (Lipinski definition) is 6. The van der Waals surface area contributed by atoms with Gasteiger partial charge in [-0.1, -0.05) is 18.3 Å². The molecule has 3 aromatic heterocycles. The average Bonchev–Trinajstić information content (AvgIpc) is 3.28. The maximum atomic E-state index is 10.6. The molecule has 1 aliphatic heterocycles. The van der Waals surface area contributed by atoms with Crippen molar-refractivity contribution in [3.8, 4) is 5.88 Å². The molecule has 0 bridgehead atoms. The summed E-state index contributed by atoms with van der Waals surface area (Å²) >= 11 is 1.49. The van der Waals surface area contributed by atoms with Gasteiger partial charge in [0.1, 0.15) is 11.8 Å². The number of likely N-dealkylation sites (tertiary alicyclic amines) is 1. The van der Waals surface area contributed by atoms with Crippen LogP contribution in [0.15, 0.2) is 22.8 Å². The Labute approximate surface area is 132 Å². The van der Waals surface area contributed by atoms with Crippen molar-refractivity contribution in [3.05, 3.63) is 34.9 Å². The second-order valence-corrected chi connectivity index (χ2v) is 6.54. The van der Waals surface area contributed by atoms with E-state index >= 15 is 0 Å². The highest BCUT2D eigenvalue weighted by Gasteiger charge is 2.32. The molecule has 0 radical (unpaired) electrons. The van der Waals surface area contributed by atoms with Gasteiger partial charge in [0.05, 0.1) is 11.1 Å². The summed E-state index contributed by atoms with van der Waals surface area (Å²) in [6.45, 7) is 4.03. The first-order valence-electron chi connectivity index (χ1n) is 7.62. The van der Waals surface area contributed by atoms with E-state index in [1.807, 2.05) is 19.1 Å². The fourth-order valence-corrected chi connectivity index (χ4v) is 4.16. The van der Waals surface area contributed by atoms with Gasteiger partial charge >= 0.3 is 0 Å². The van der Waals surface area contributed by atoms with Gasteiger partial charge in [-0.2, -0.15) is 4.52 Å². The maximum Gasteiger partial charge on any atom is 0.230 e. The lowest BCUT2D eigenvalue weighted by Crippen LogP contribution is -2.25. The number of aromatic hydroxyl groups is 1. The highest BCUT2D eigenvalue weighted by molar-refractivity contribution is 7.17. The van der Waals surface area contributed by atoms with E-state index in [0.717, 1.165) is 40.9 Å². The van der Waals surface area contributed by atoms with Crippen LogP contribution in [0.1, 0.15) is 42.3 Å². The maximum absolute atomic E-state index is 10.6. The highest BCUT2D eigenvalue weighted by atomic mass is 32.1. The zero-order valence-electron chi connectivity index (χ0n) is 12.4. The van der Waals surface area contributed by atoms with Crippen LogP contribution in [0, 0.1) is 0 Å². The minimum atomic E-state index is -0.0592. The minimum absolute atomic E-state index is 0.0592. The summed E-state index contributed by atoms with van der Waals surface area (Å²) in [5, 5.41) is 15.0. The molecule has 1 unspecified atom stereocenters. The number of furan rings is 1. The Morgan fingerprint density at radius 1 is 1.41 bits per heavy atom. The Balaban J connectivity index is 1.81. The third-order valence-corrected chi connectivity index (χ3v) is 5.20. The van der Waals surface area contributed by atoms with Crippen molar-refractivity contribution < 1.29 is 9.52 Å². The second-order valence-electron chi connectivity index (χ2n) is 5.53. The summed E-state index contributed by atoms with van der Waals surface area (Å²) in [4.78, 5) is 8.41. The van der Waals surface area contributed by atoms with Crippen LogP contribution >= 0.6 is 11.3 Å². The number of hydrogen-bond donors (Lipinski definition) is 1. The van der Waals surface area contributed by atoms with Gasteiger partial charge in [0.2, 0.25) is 10.8 Å². The Morgan fingerprint density at radius 3 is 2.86 bits per heavy atom. The monoisotopic (exact) mass is 318 g/mol. The molecule has 0 aliphatic carbocycles. The summed E-state index contributed by atoms with van der Waals surface area (Å²) in [6, 6.07) is 3.80. The Kier molecular flexibility index (Phi) is 3.38. The topological polar surface area (TPSA) is 66.8 Å². The van der Waals surface area contributed by atoms with Crippen molar-refractivity contribution >= 4 is 16.3 Å². The first-order valence-corrected chi connectivity index (χ1v) is 8.44. The summed E-state index contributed by atoms with van der Waals surface area (Å²) in [6.07, 6.45) is 4.80. The average molecular weight is 318 g/mol. The van der Waals surface area contributed by atoms with Crippen LogP contribution in [-0.2, 0) is 6.42 Å². The molecule has 1 atom stereocenters. The summed E-state index contributed by atoms with van der Waals surface area (Å²) < 4.78 is 7.19. The lowest BCUT2D eigenvalue weighted by Gasteiger charge is -2.24. The molecular formula is C15H18N4O2S. The van der Waals surface area contributed by atoms with Crippen molar-refractivity contribution in [1.29, 1.82) is 0 Å². The van der Waals surface area contributed by atoms with E-state index in [1.54, 1.807) is 10.8 Å². The molecule has 0 saturated carbocycles. The minimum Gasteiger partial charge on any atom is -0.492 e. The van der Waals surface area contributed by atoms with Gasteiger partial charge in [-0.15, -0.1) is 5.10 Å². The molecule has 1 aliphatic rings. The molecular weight excluding hydrogens is 300 g/mol. The quantitative estimate of drug-likeness (QED) is 0.801. The first kappa shape index (κ1) is 13.8. The first-order chi connectivity index (χ1) is 10.8. The summed E-state index contributed by atoms with van der Waals surface area (Å²) in [7, 11) is 0. The molecule has 7 heteroatoms. The normalized spacial score (nSPS) is 17.5. The molecule has 4 heterocycles. The molecule has 3 aromatic rings. The van der Waals surface area contributed by atoms with E-state index in [4.69, 9.17) is 4.42 Å². The van der Waals surface area contributed by atoms with E-state index in [0.29, 0.717) is 0 Å². The van der Waals surface area contributed by atoms with E-state index < -0.39 is 0 Å². The van der Waals surface area contributed by atoms with Crippen molar-refractivity contribution in [1.82, 2.24) is 19.5 Å². The third-order valence-electron chi connectivity index (χ3n) is 4.13. The Bertz CT molecular complexity index is 771. The van der Waals surface area contributed by atoms with Gasteiger partial charge in [0, 0.05) is 6.42 Å². The number of thiazole rings is 1. The van der Waals surface area contributed by atoms with Crippen molar-refractivity contribution in [2.45, 2.75) is 32.2 Å². The lowest BCUT2D eigenvalue weighted by atomic mass is 10.1. The second kappa shape index (κ2) is 5.40. The van der Waals surface area contributed by atoms with E-state index in [2.05, 4.69) is 15.0 Å². The lowest BCUT2D eigenvalue weighted by molar-refractivity contribution is 0.246. The van der Waals surface area contributed by atoms with Gasteiger partial charge in [-0.05, 0) is 38.1 Å².